The highest BCUT2D eigenvalue weighted by molar-refractivity contribution is 5.91. The summed E-state index contributed by atoms with van der Waals surface area (Å²) in [5.41, 5.74) is 0.152. The van der Waals surface area contributed by atoms with Crippen molar-refractivity contribution in [2.45, 2.75) is 25.8 Å². The van der Waals surface area contributed by atoms with Gasteiger partial charge in [-0.1, -0.05) is 0 Å². The van der Waals surface area contributed by atoms with E-state index in [0.29, 0.717) is 6.61 Å². The second kappa shape index (κ2) is 3.32. The molecule has 2 rings (SSSR count). The number of carbonyl (C=O) groups is 1. The molecule has 0 amide bonds. The molecule has 5 heteroatoms. The molecule has 0 saturated heterocycles. The number of aromatic hydroxyl groups is 1. The Hall–Kier alpha value is -1.52. The second-order valence-electron chi connectivity index (χ2n) is 3.28. The maximum absolute atomic E-state index is 11.3. The van der Waals surface area contributed by atoms with Gasteiger partial charge in [0.25, 0.3) is 0 Å². The molecule has 0 aliphatic heterocycles. The van der Waals surface area contributed by atoms with Gasteiger partial charge >= 0.3 is 5.97 Å². The summed E-state index contributed by atoms with van der Waals surface area (Å²) in [6, 6.07) is 0.262. The summed E-state index contributed by atoms with van der Waals surface area (Å²) >= 11 is 0. The molecule has 0 atom stereocenters. The number of rotatable bonds is 3. The molecule has 1 aromatic heterocycles. The highest BCUT2D eigenvalue weighted by atomic mass is 16.5. The highest BCUT2D eigenvalue weighted by Crippen LogP contribution is 2.38. The summed E-state index contributed by atoms with van der Waals surface area (Å²) in [6.45, 7) is 2.02. The summed E-state index contributed by atoms with van der Waals surface area (Å²) in [5, 5.41) is 13.6. The summed E-state index contributed by atoms with van der Waals surface area (Å²) in [4.78, 5) is 11.3. The van der Waals surface area contributed by atoms with E-state index in [9.17, 15) is 9.90 Å². The third-order valence-electron chi connectivity index (χ3n) is 2.16. The molecule has 1 aromatic rings. The standard InChI is InChI=1S/C9H12N2O3/c1-2-14-9(13)7-5-10-11(8(7)12)6-3-4-6/h5-6,12H,2-4H2,1H3. The molecule has 1 aliphatic rings. The summed E-state index contributed by atoms with van der Waals surface area (Å²) < 4.78 is 6.25. The van der Waals surface area contributed by atoms with Gasteiger partial charge in [-0.3, -0.25) is 0 Å². The van der Waals surface area contributed by atoms with E-state index in [4.69, 9.17) is 4.74 Å². The normalized spacial score (nSPS) is 15.5. The molecular formula is C9H12N2O3. The van der Waals surface area contributed by atoms with Crippen LogP contribution < -0.4 is 0 Å². The number of ether oxygens (including phenoxy) is 1. The summed E-state index contributed by atoms with van der Waals surface area (Å²) in [5.74, 6) is -0.595. The van der Waals surface area contributed by atoms with Crippen molar-refractivity contribution in [2.75, 3.05) is 6.61 Å². The summed E-state index contributed by atoms with van der Waals surface area (Å²) in [6.07, 6.45) is 3.38. The minimum absolute atomic E-state index is 0.0778. The first-order valence-electron chi connectivity index (χ1n) is 4.67. The topological polar surface area (TPSA) is 64.3 Å². The Balaban J connectivity index is 2.21. The predicted octanol–water partition coefficient (Wildman–Crippen LogP) is 1.10. The van der Waals surface area contributed by atoms with Gasteiger partial charge in [0, 0.05) is 0 Å². The van der Waals surface area contributed by atoms with Crippen molar-refractivity contribution in [1.29, 1.82) is 0 Å². The minimum Gasteiger partial charge on any atom is -0.493 e. The molecule has 0 radical (unpaired) electrons. The van der Waals surface area contributed by atoms with Crippen LogP contribution in [0.1, 0.15) is 36.2 Å². The van der Waals surface area contributed by atoms with E-state index in [1.54, 1.807) is 6.92 Å². The highest BCUT2D eigenvalue weighted by Gasteiger charge is 2.29. The molecule has 1 heterocycles. The largest absolute Gasteiger partial charge is 0.493 e. The SMILES string of the molecule is CCOC(=O)c1cnn(C2CC2)c1O. The molecule has 14 heavy (non-hydrogen) atoms. The molecule has 0 spiro atoms. The molecule has 1 fully saturated rings. The molecular weight excluding hydrogens is 184 g/mol. The zero-order valence-electron chi connectivity index (χ0n) is 7.93. The van der Waals surface area contributed by atoms with Crippen LogP contribution in [0.2, 0.25) is 0 Å². The van der Waals surface area contributed by atoms with Crippen molar-refractivity contribution in [3.8, 4) is 5.88 Å². The number of nitrogens with zero attached hydrogens (tertiary/aromatic N) is 2. The van der Waals surface area contributed by atoms with E-state index >= 15 is 0 Å². The first-order chi connectivity index (χ1) is 6.74. The predicted molar refractivity (Wildman–Crippen MR) is 48.1 cm³/mol. The van der Waals surface area contributed by atoms with Crippen molar-refractivity contribution in [3.05, 3.63) is 11.8 Å². The van der Waals surface area contributed by atoms with Crippen LogP contribution in [0.3, 0.4) is 0 Å². The van der Waals surface area contributed by atoms with Gasteiger partial charge in [-0.15, -0.1) is 0 Å². The number of carbonyl (C=O) groups excluding carboxylic acids is 1. The maximum atomic E-state index is 11.3. The monoisotopic (exact) mass is 196 g/mol. The Kier molecular flexibility index (Phi) is 2.15. The molecule has 1 aliphatic carbocycles. The minimum atomic E-state index is -0.517. The van der Waals surface area contributed by atoms with Crippen LogP contribution in [-0.2, 0) is 4.74 Å². The first kappa shape index (κ1) is 9.05. The van der Waals surface area contributed by atoms with Gasteiger partial charge in [-0.25, -0.2) is 9.48 Å². The lowest BCUT2D eigenvalue weighted by Crippen LogP contribution is -2.04. The fraction of sp³-hybridized carbons (Fsp3) is 0.556. The van der Waals surface area contributed by atoms with E-state index in [-0.39, 0.29) is 17.5 Å². The average molecular weight is 196 g/mol. The second-order valence-corrected chi connectivity index (χ2v) is 3.28. The van der Waals surface area contributed by atoms with Crippen molar-refractivity contribution in [1.82, 2.24) is 9.78 Å². The zero-order valence-corrected chi connectivity index (χ0v) is 7.93. The lowest BCUT2D eigenvalue weighted by Gasteiger charge is -2.01. The van der Waals surface area contributed by atoms with E-state index in [1.807, 2.05) is 0 Å². The van der Waals surface area contributed by atoms with Crippen LogP contribution in [0, 0.1) is 0 Å². The van der Waals surface area contributed by atoms with Crippen molar-refractivity contribution in [2.24, 2.45) is 0 Å². The van der Waals surface area contributed by atoms with Crippen molar-refractivity contribution < 1.29 is 14.6 Å². The van der Waals surface area contributed by atoms with Gasteiger partial charge in [0.2, 0.25) is 5.88 Å². The van der Waals surface area contributed by atoms with Crippen LogP contribution in [-0.4, -0.2) is 27.5 Å². The number of hydrogen-bond donors (Lipinski definition) is 1. The van der Waals surface area contributed by atoms with Gasteiger partial charge in [-0.05, 0) is 19.8 Å². The zero-order chi connectivity index (χ0) is 10.1. The molecule has 76 valence electrons. The molecule has 1 saturated carbocycles. The third kappa shape index (κ3) is 1.45. The van der Waals surface area contributed by atoms with E-state index in [1.165, 1.54) is 10.9 Å². The number of hydrogen-bond acceptors (Lipinski definition) is 4. The van der Waals surface area contributed by atoms with Gasteiger partial charge in [-0.2, -0.15) is 5.10 Å². The maximum Gasteiger partial charge on any atom is 0.345 e. The first-order valence-corrected chi connectivity index (χ1v) is 4.67. The van der Waals surface area contributed by atoms with E-state index in [2.05, 4.69) is 5.10 Å². The van der Waals surface area contributed by atoms with Crippen molar-refractivity contribution >= 4 is 5.97 Å². The van der Waals surface area contributed by atoms with Crippen LogP contribution in [0.5, 0.6) is 5.88 Å². The Labute approximate surface area is 81.3 Å². The average Bonchev–Trinajstić information content (AvgIpc) is 2.91. The van der Waals surface area contributed by atoms with Crippen LogP contribution >= 0.6 is 0 Å². The van der Waals surface area contributed by atoms with Gasteiger partial charge < -0.3 is 9.84 Å². The molecule has 1 N–H and O–H groups in total. The fourth-order valence-corrected chi connectivity index (χ4v) is 1.29. The quantitative estimate of drug-likeness (QED) is 0.735. The third-order valence-corrected chi connectivity index (χ3v) is 2.16. The smallest absolute Gasteiger partial charge is 0.345 e. The van der Waals surface area contributed by atoms with Gasteiger partial charge in [0.05, 0.1) is 18.8 Å². The van der Waals surface area contributed by atoms with Gasteiger partial charge in [0.1, 0.15) is 5.56 Å². The number of aromatic nitrogens is 2. The lowest BCUT2D eigenvalue weighted by molar-refractivity contribution is 0.0522. The fourth-order valence-electron chi connectivity index (χ4n) is 1.29. The van der Waals surface area contributed by atoms with Crippen LogP contribution in [0.15, 0.2) is 6.20 Å². The Morgan fingerprint density at radius 2 is 2.50 bits per heavy atom. The van der Waals surface area contributed by atoms with Gasteiger partial charge in [0.15, 0.2) is 0 Å². The molecule has 5 nitrogen and oxygen atoms in total. The van der Waals surface area contributed by atoms with Crippen LogP contribution in [0.4, 0.5) is 0 Å². The number of esters is 1. The molecule has 0 aromatic carbocycles. The Morgan fingerprint density at radius 1 is 1.79 bits per heavy atom. The summed E-state index contributed by atoms with van der Waals surface area (Å²) in [7, 11) is 0. The Bertz CT molecular complexity index is 355. The van der Waals surface area contributed by atoms with Crippen LogP contribution in [0.25, 0.3) is 0 Å². The van der Waals surface area contributed by atoms with E-state index in [0.717, 1.165) is 12.8 Å². The molecule has 0 unspecified atom stereocenters. The Morgan fingerprint density at radius 3 is 3.07 bits per heavy atom. The molecule has 0 bridgehead atoms. The lowest BCUT2D eigenvalue weighted by atomic mass is 10.3. The van der Waals surface area contributed by atoms with E-state index < -0.39 is 5.97 Å². The van der Waals surface area contributed by atoms with Crippen molar-refractivity contribution in [3.63, 3.8) is 0 Å².